The van der Waals surface area contributed by atoms with Gasteiger partial charge in [0.1, 0.15) is 0 Å². The molecule has 0 aromatic carbocycles. The summed E-state index contributed by atoms with van der Waals surface area (Å²) < 4.78 is 0. The van der Waals surface area contributed by atoms with E-state index in [0.717, 1.165) is 14.2 Å². The van der Waals surface area contributed by atoms with E-state index in [1.54, 1.807) is 5.57 Å². The van der Waals surface area contributed by atoms with E-state index in [1.165, 1.54) is 49.4 Å². The van der Waals surface area contributed by atoms with Gasteiger partial charge in [0.2, 0.25) is 0 Å². The van der Waals surface area contributed by atoms with Gasteiger partial charge in [0.05, 0.1) is 0 Å². The Balaban J connectivity index is 0.00000162. The second-order valence-electron chi connectivity index (χ2n) is 6.05. The molecule has 0 aromatic rings. The third-order valence-corrected chi connectivity index (χ3v) is 6.83. The molecule has 2 unspecified atom stereocenters. The Bertz CT molecular complexity index is 350. The van der Waals surface area contributed by atoms with Gasteiger partial charge in [-0.15, -0.1) is 15.5 Å². The summed E-state index contributed by atoms with van der Waals surface area (Å²) in [6.45, 7) is 9.17. The second-order valence-corrected chi connectivity index (χ2v) is 7.63. The SMILES string of the molecule is CC1=[C-]C(C)(CPC2CCCCC2)C(C)=C1C.[Li+]. The minimum atomic E-state index is 0. The normalized spacial score (nSPS) is 29.9. The average molecular weight is 256 g/mol. The predicted molar refractivity (Wildman–Crippen MR) is 79.0 cm³/mol. The Hall–Kier alpha value is 0.507. The zero-order valence-electron chi connectivity index (χ0n) is 12.8. The standard InChI is InChI=1S/C16H26P.Li/c1-12-10-16(4,14(3)13(12)2)11-17-15-8-6-5-7-9-15;/h15,17H,5-9,11H2,1-4H3;/q-1;+1. The maximum absolute atomic E-state index is 3.72. The molecule has 0 saturated heterocycles. The Morgan fingerprint density at radius 3 is 2.28 bits per heavy atom. The molecule has 0 nitrogen and oxygen atoms in total. The number of hydrogen-bond donors (Lipinski definition) is 0. The maximum atomic E-state index is 3.72. The van der Waals surface area contributed by atoms with Crippen LogP contribution in [0.4, 0.5) is 0 Å². The van der Waals surface area contributed by atoms with Gasteiger partial charge in [0.25, 0.3) is 0 Å². The van der Waals surface area contributed by atoms with Gasteiger partial charge < -0.3 is 0 Å². The van der Waals surface area contributed by atoms with Crippen molar-refractivity contribution < 1.29 is 18.9 Å². The molecule has 1 fully saturated rings. The van der Waals surface area contributed by atoms with Crippen molar-refractivity contribution >= 4 is 8.58 Å². The molecule has 2 aliphatic rings. The second kappa shape index (κ2) is 6.79. The molecule has 96 valence electrons. The van der Waals surface area contributed by atoms with Crippen LogP contribution in [0.5, 0.6) is 0 Å². The Kier molecular flexibility index (Phi) is 6.25. The minimum absolute atomic E-state index is 0. The van der Waals surface area contributed by atoms with Crippen molar-refractivity contribution in [3.63, 3.8) is 0 Å². The summed E-state index contributed by atoms with van der Waals surface area (Å²) in [5, 5.41) is 0. The van der Waals surface area contributed by atoms with Crippen LogP contribution in [0.25, 0.3) is 0 Å². The van der Waals surface area contributed by atoms with Crippen molar-refractivity contribution in [3.05, 3.63) is 22.8 Å². The summed E-state index contributed by atoms with van der Waals surface area (Å²) in [7, 11) is 1.14. The zero-order valence-corrected chi connectivity index (χ0v) is 13.8. The smallest absolute Gasteiger partial charge is 0.263 e. The third kappa shape index (κ3) is 3.54. The predicted octanol–water partition coefficient (Wildman–Crippen LogP) is 2.11. The topological polar surface area (TPSA) is 0 Å². The summed E-state index contributed by atoms with van der Waals surface area (Å²) in [5.41, 5.74) is 5.72. The van der Waals surface area contributed by atoms with E-state index in [0.29, 0.717) is 0 Å². The van der Waals surface area contributed by atoms with E-state index in [-0.39, 0.29) is 24.3 Å². The van der Waals surface area contributed by atoms with E-state index >= 15 is 0 Å². The van der Waals surface area contributed by atoms with Crippen LogP contribution in [-0.2, 0) is 0 Å². The largest absolute Gasteiger partial charge is 1.00 e. The van der Waals surface area contributed by atoms with Crippen molar-refractivity contribution in [2.24, 2.45) is 5.41 Å². The first kappa shape index (κ1) is 16.6. The fraction of sp³-hybridized carbons (Fsp3) is 0.750. The molecule has 0 spiro atoms. The quantitative estimate of drug-likeness (QED) is 0.412. The first-order valence-corrected chi connectivity index (χ1v) is 8.35. The van der Waals surface area contributed by atoms with Crippen LogP contribution >= 0.6 is 8.58 Å². The first-order valence-electron chi connectivity index (χ1n) is 7.06. The summed E-state index contributed by atoms with van der Waals surface area (Å²) in [5.74, 6) is 0. The molecule has 0 aliphatic heterocycles. The summed E-state index contributed by atoms with van der Waals surface area (Å²) in [6, 6.07) is 0. The monoisotopic (exact) mass is 256 g/mol. The zero-order chi connectivity index (χ0) is 12.5. The summed E-state index contributed by atoms with van der Waals surface area (Å²) in [6.07, 6.45) is 12.4. The van der Waals surface area contributed by atoms with Gasteiger partial charge in [-0.25, -0.2) is 5.57 Å². The van der Waals surface area contributed by atoms with E-state index in [4.69, 9.17) is 0 Å². The minimum Gasteiger partial charge on any atom is -0.263 e. The van der Waals surface area contributed by atoms with Gasteiger partial charge in [0.15, 0.2) is 0 Å². The molecule has 18 heavy (non-hydrogen) atoms. The molecular formula is C16H26LiP. The van der Waals surface area contributed by atoms with Crippen molar-refractivity contribution in [1.82, 2.24) is 0 Å². The molecule has 2 aliphatic carbocycles. The van der Waals surface area contributed by atoms with Crippen LogP contribution in [0.15, 0.2) is 16.7 Å². The molecule has 2 heteroatoms. The number of hydrogen-bond acceptors (Lipinski definition) is 0. The van der Waals surface area contributed by atoms with Gasteiger partial charge in [-0.05, 0) is 24.7 Å². The molecule has 0 radical (unpaired) electrons. The van der Waals surface area contributed by atoms with Crippen molar-refractivity contribution in [2.45, 2.75) is 65.5 Å². The van der Waals surface area contributed by atoms with Crippen molar-refractivity contribution in [3.8, 4) is 0 Å². The molecule has 1 saturated carbocycles. The average Bonchev–Trinajstić information content (AvgIpc) is 2.53. The summed E-state index contributed by atoms with van der Waals surface area (Å²) >= 11 is 0. The van der Waals surface area contributed by atoms with Crippen LogP contribution in [0.3, 0.4) is 0 Å². The van der Waals surface area contributed by atoms with Crippen LogP contribution < -0.4 is 18.9 Å². The van der Waals surface area contributed by atoms with E-state index in [2.05, 4.69) is 33.8 Å². The Morgan fingerprint density at radius 1 is 1.17 bits per heavy atom. The molecule has 0 bridgehead atoms. The fourth-order valence-electron chi connectivity index (χ4n) is 3.13. The van der Waals surface area contributed by atoms with Crippen LogP contribution in [0.2, 0.25) is 0 Å². The van der Waals surface area contributed by atoms with Crippen molar-refractivity contribution in [1.29, 1.82) is 0 Å². The molecular weight excluding hydrogens is 230 g/mol. The molecule has 2 rings (SSSR count). The first-order chi connectivity index (χ1) is 8.03. The van der Waals surface area contributed by atoms with E-state index < -0.39 is 0 Å². The van der Waals surface area contributed by atoms with Crippen LogP contribution in [-0.4, -0.2) is 11.8 Å². The van der Waals surface area contributed by atoms with E-state index in [9.17, 15) is 0 Å². The molecule has 0 heterocycles. The van der Waals surface area contributed by atoms with Gasteiger partial charge in [0, 0.05) is 0 Å². The Morgan fingerprint density at radius 2 is 1.78 bits per heavy atom. The Labute approximate surface area is 127 Å². The maximum Gasteiger partial charge on any atom is 1.00 e. The molecule has 2 atom stereocenters. The van der Waals surface area contributed by atoms with Crippen LogP contribution in [0, 0.1) is 11.5 Å². The molecule has 0 amide bonds. The molecule has 0 aromatic heterocycles. The van der Waals surface area contributed by atoms with Gasteiger partial charge in [-0.2, -0.15) is 11.1 Å². The van der Waals surface area contributed by atoms with E-state index in [1.807, 2.05) is 0 Å². The summed E-state index contributed by atoms with van der Waals surface area (Å²) in [4.78, 5) is 0. The number of rotatable bonds is 3. The number of allylic oxidation sites excluding steroid dienone is 4. The third-order valence-electron chi connectivity index (χ3n) is 4.77. The molecule has 0 N–H and O–H groups in total. The van der Waals surface area contributed by atoms with Gasteiger partial charge >= 0.3 is 18.9 Å². The fourth-order valence-corrected chi connectivity index (χ4v) is 5.00. The van der Waals surface area contributed by atoms with Crippen molar-refractivity contribution in [2.75, 3.05) is 6.16 Å². The van der Waals surface area contributed by atoms with Gasteiger partial charge in [-0.1, -0.05) is 45.4 Å². The van der Waals surface area contributed by atoms with Crippen LogP contribution in [0.1, 0.15) is 59.8 Å². The van der Waals surface area contributed by atoms with Gasteiger partial charge in [-0.3, -0.25) is 6.08 Å².